The number of hydrogen-bond acceptors (Lipinski definition) is 4. The first-order valence-electron chi connectivity index (χ1n) is 10.4. The van der Waals surface area contributed by atoms with E-state index in [1.807, 2.05) is 13.0 Å². The summed E-state index contributed by atoms with van der Waals surface area (Å²) in [5, 5.41) is 3.04. The van der Waals surface area contributed by atoms with Crippen molar-refractivity contribution < 1.29 is 14.3 Å². The predicted molar refractivity (Wildman–Crippen MR) is 106 cm³/mol. The van der Waals surface area contributed by atoms with E-state index in [0.29, 0.717) is 13.2 Å². The molecule has 0 spiro atoms. The van der Waals surface area contributed by atoms with Crippen LogP contribution in [0.5, 0.6) is 0 Å². The largest absolute Gasteiger partial charge is 0.376 e. The second kappa shape index (κ2) is 10.2. The summed E-state index contributed by atoms with van der Waals surface area (Å²) < 4.78 is 11.2. The summed E-state index contributed by atoms with van der Waals surface area (Å²) in [4.78, 5) is 14.9. The second-order valence-electron chi connectivity index (χ2n) is 8.06. The Bertz CT molecular complexity index is 593. The van der Waals surface area contributed by atoms with Crippen LogP contribution in [0.2, 0.25) is 0 Å². The van der Waals surface area contributed by atoms with Gasteiger partial charge in [0.1, 0.15) is 6.10 Å². The number of likely N-dealkylation sites (tertiary alicyclic amines) is 1. The number of ether oxygens (including phenoxy) is 2. The number of amides is 1. The van der Waals surface area contributed by atoms with Gasteiger partial charge in [-0.3, -0.25) is 9.69 Å². The normalized spacial score (nSPS) is 22.7. The van der Waals surface area contributed by atoms with Crippen LogP contribution < -0.4 is 5.32 Å². The van der Waals surface area contributed by atoms with Crippen molar-refractivity contribution in [2.45, 2.75) is 64.8 Å². The maximum absolute atomic E-state index is 12.4. The summed E-state index contributed by atoms with van der Waals surface area (Å²) >= 11 is 0. The highest BCUT2D eigenvalue weighted by molar-refractivity contribution is 5.80. The zero-order valence-electron chi connectivity index (χ0n) is 16.8. The van der Waals surface area contributed by atoms with Gasteiger partial charge >= 0.3 is 0 Å². The smallest absolute Gasteiger partial charge is 0.249 e. The lowest BCUT2D eigenvalue weighted by atomic mass is 9.98. The van der Waals surface area contributed by atoms with Gasteiger partial charge in [-0.15, -0.1) is 0 Å². The topological polar surface area (TPSA) is 50.8 Å². The number of hydrogen-bond donors (Lipinski definition) is 1. The van der Waals surface area contributed by atoms with E-state index in [1.165, 1.54) is 24.0 Å². The van der Waals surface area contributed by atoms with Crippen LogP contribution in [0.25, 0.3) is 0 Å². The third-order valence-electron chi connectivity index (χ3n) is 5.77. The zero-order chi connectivity index (χ0) is 19.1. The monoisotopic (exact) mass is 374 g/mol. The highest BCUT2D eigenvalue weighted by Crippen LogP contribution is 2.20. The molecule has 150 valence electrons. The highest BCUT2D eigenvalue weighted by Gasteiger charge is 2.20. The zero-order valence-corrected chi connectivity index (χ0v) is 16.8. The number of carbonyl (C=O) groups excluding carboxylic acids is 1. The van der Waals surface area contributed by atoms with Gasteiger partial charge in [-0.2, -0.15) is 0 Å². The molecule has 0 bridgehead atoms. The maximum Gasteiger partial charge on any atom is 0.249 e. The quantitative estimate of drug-likeness (QED) is 0.760. The highest BCUT2D eigenvalue weighted by atomic mass is 16.5. The van der Waals surface area contributed by atoms with E-state index in [9.17, 15) is 4.79 Å². The molecule has 2 unspecified atom stereocenters. The maximum atomic E-state index is 12.4. The average molecular weight is 375 g/mol. The van der Waals surface area contributed by atoms with Crippen molar-refractivity contribution in [1.29, 1.82) is 0 Å². The third-order valence-corrected chi connectivity index (χ3v) is 5.77. The first kappa shape index (κ1) is 20.3. The van der Waals surface area contributed by atoms with Gasteiger partial charge in [-0.25, -0.2) is 0 Å². The standard InChI is InChI=1S/C22H34N2O3/c1-17-9-11-24(12-10-17)15-20-7-4-3-6-19(20)14-23-22(25)18(2)27-16-21-8-5-13-26-21/h3-4,6-7,17-18,21H,5,8-16H2,1-2H3,(H,23,25). The minimum Gasteiger partial charge on any atom is -0.376 e. The van der Waals surface area contributed by atoms with Crippen molar-refractivity contribution in [2.24, 2.45) is 5.92 Å². The van der Waals surface area contributed by atoms with Gasteiger partial charge in [0.25, 0.3) is 0 Å². The first-order valence-corrected chi connectivity index (χ1v) is 10.4. The fourth-order valence-corrected chi connectivity index (χ4v) is 3.77. The molecule has 2 atom stereocenters. The van der Waals surface area contributed by atoms with E-state index in [0.717, 1.165) is 45.0 Å². The molecule has 1 aromatic rings. The lowest BCUT2D eigenvalue weighted by molar-refractivity contribution is -0.133. The van der Waals surface area contributed by atoms with Crippen LogP contribution >= 0.6 is 0 Å². The van der Waals surface area contributed by atoms with Crippen LogP contribution in [-0.2, 0) is 27.4 Å². The molecule has 2 heterocycles. The Hall–Kier alpha value is -1.43. The Morgan fingerprint density at radius 1 is 1.26 bits per heavy atom. The van der Waals surface area contributed by atoms with E-state index in [-0.39, 0.29) is 12.0 Å². The lowest BCUT2D eigenvalue weighted by Crippen LogP contribution is -2.36. The van der Waals surface area contributed by atoms with Gasteiger partial charge in [-0.1, -0.05) is 31.2 Å². The van der Waals surface area contributed by atoms with Crippen LogP contribution in [0.4, 0.5) is 0 Å². The van der Waals surface area contributed by atoms with E-state index in [2.05, 4.69) is 35.3 Å². The molecule has 1 amide bonds. The van der Waals surface area contributed by atoms with Crippen molar-refractivity contribution in [1.82, 2.24) is 10.2 Å². The SMILES string of the molecule is CC1CCN(Cc2ccccc2CNC(=O)C(C)OCC2CCCO2)CC1. The van der Waals surface area contributed by atoms with Gasteiger partial charge < -0.3 is 14.8 Å². The van der Waals surface area contributed by atoms with Gasteiger partial charge in [0.05, 0.1) is 12.7 Å². The average Bonchev–Trinajstić information content (AvgIpc) is 3.20. The summed E-state index contributed by atoms with van der Waals surface area (Å²) in [5.74, 6) is 0.779. The molecule has 0 radical (unpaired) electrons. The van der Waals surface area contributed by atoms with Crippen LogP contribution in [0, 0.1) is 5.92 Å². The summed E-state index contributed by atoms with van der Waals surface area (Å²) in [6.45, 7) is 9.29. The number of nitrogens with zero attached hydrogens (tertiary/aromatic N) is 1. The second-order valence-corrected chi connectivity index (χ2v) is 8.06. The van der Waals surface area contributed by atoms with E-state index in [1.54, 1.807) is 0 Å². The Kier molecular flexibility index (Phi) is 7.68. The summed E-state index contributed by atoms with van der Waals surface area (Å²) in [6.07, 6.45) is 4.35. The minimum absolute atomic E-state index is 0.0606. The number of nitrogens with one attached hydrogen (secondary N) is 1. The van der Waals surface area contributed by atoms with E-state index >= 15 is 0 Å². The number of rotatable bonds is 8. The third kappa shape index (κ3) is 6.30. The molecule has 0 saturated carbocycles. The fraction of sp³-hybridized carbons (Fsp3) is 0.682. The van der Waals surface area contributed by atoms with E-state index < -0.39 is 6.10 Å². The van der Waals surface area contributed by atoms with Crippen molar-refractivity contribution in [3.05, 3.63) is 35.4 Å². The Labute approximate surface area is 163 Å². The first-order chi connectivity index (χ1) is 13.1. The molecule has 5 heteroatoms. The Morgan fingerprint density at radius 2 is 2.00 bits per heavy atom. The van der Waals surface area contributed by atoms with Crippen molar-refractivity contribution >= 4 is 5.91 Å². The van der Waals surface area contributed by atoms with Crippen molar-refractivity contribution in [3.63, 3.8) is 0 Å². The number of benzene rings is 1. The van der Waals surface area contributed by atoms with Gasteiger partial charge in [-0.05, 0) is 62.7 Å². The van der Waals surface area contributed by atoms with Gasteiger partial charge in [0, 0.05) is 19.7 Å². The summed E-state index contributed by atoms with van der Waals surface area (Å²) in [5.41, 5.74) is 2.50. The molecule has 5 nitrogen and oxygen atoms in total. The molecule has 3 rings (SSSR count). The van der Waals surface area contributed by atoms with Crippen LogP contribution in [0.15, 0.2) is 24.3 Å². The van der Waals surface area contributed by atoms with Crippen molar-refractivity contribution in [2.75, 3.05) is 26.3 Å². The van der Waals surface area contributed by atoms with E-state index in [4.69, 9.17) is 9.47 Å². The van der Waals surface area contributed by atoms with Crippen LogP contribution in [0.3, 0.4) is 0 Å². The molecule has 2 saturated heterocycles. The number of piperidine rings is 1. The molecular formula is C22H34N2O3. The van der Waals surface area contributed by atoms with Gasteiger partial charge in [0.15, 0.2) is 0 Å². The molecule has 2 aliphatic rings. The lowest BCUT2D eigenvalue weighted by Gasteiger charge is -2.30. The van der Waals surface area contributed by atoms with Crippen LogP contribution in [0.1, 0.15) is 50.7 Å². The van der Waals surface area contributed by atoms with Gasteiger partial charge in [0.2, 0.25) is 5.91 Å². The molecule has 1 aromatic carbocycles. The van der Waals surface area contributed by atoms with Crippen LogP contribution in [-0.4, -0.2) is 49.3 Å². The minimum atomic E-state index is -0.454. The molecule has 1 N–H and O–H groups in total. The predicted octanol–water partition coefficient (Wildman–Crippen LogP) is 3.12. The molecule has 27 heavy (non-hydrogen) atoms. The molecule has 0 aliphatic carbocycles. The van der Waals surface area contributed by atoms with Crippen molar-refractivity contribution in [3.8, 4) is 0 Å². The molecular weight excluding hydrogens is 340 g/mol. The molecule has 2 aliphatic heterocycles. The number of carbonyl (C=O) groups is 1. The molecule has 0 aromatic heterocycles. The summed E-state index contributed by atoms with van der Waals surface area (Å²) in [7, 11) is 0. The fourth-order valence-electron chi connectivity index (χ4n) is 3.77. The Morgan fingerprint density at radius 3 is 2.70 bits per heavy atom. The summed E-state index contributed by atoms with van der Waals surface area (Å²) in [6, 6.07) is 8.41. The molecule has 2 fully saturated rings. The Balaban J connectivity index is 1.46.